The van der Waals surface area contributed by atoms with Crippen molar-refractivity contribution in [2.45, 2.75) is 77.9 Å². The summed E-state index contributed by atoms with van der Waals surface area (Å²) >= 11 is 0. The molecular weight excluding hydrogens is 535 g/mol. The van der Waals surface area contributed by atoms with Crippen LogP contribution in [0.2, 0.25) is 0 Å². The number of benzene rings is 1. The minimum atomic E-state index is -0.586. The second-order valence-corrected chi connectivity index (χ2v) is 11.2. The predicted molar refractivity (Wildman–Crippen MR) is 172 cm³/mol. The van der Waals surface area contributed by atoms with Crippen LogP contribution in [0.15, 0.2) is 36.9 Å². The molecule has 1 unspecified atom stereocenters. The van der Waals surface area contributed by atoms with Crippen LogP contribution in [0.4, 0.5) is 9.18 Å². The number of carbonyl (C=O) groups excluding carboxylic acids is 2. The van der Waals surface area contributed by atoms with Crippen molar-refractivity contribution in [3.05, 3.63) is 48.3 Å². The molecule has 3 rings (SSSR count). The topological polar surface area (TPSA) is 112 Å². The molecule has 2 fully saturated rings. The fourth-order valence-corrected chi connectivity index (χ4v) is 3.89. The first-order chi connectivity index (χ1) is 20.0. The summed E-state index contributed by atoms with van der Waals surface area (Å²) in [7, 11) is 3.93. The smallest absolute Gasteiger partial charge is 0.408 e. The van der Waals surface area contributed by atoms with Crippen LogP contribution in [-0.4, -0.2) is 99.9 Å². The Morgan fingerprint density at radius 3 is 2.17 bits per heavy atom. The normalized spacial score (nSPS) is 15.4. The first-order valence-corrected chi connectivity index (χ1v) is 15.4. The molecule has 1 aromatic rings. The van der Waals surface area contributed by atoms with Gasteiger partial charge in [0.05, 0.1) is 0 Å². The molecule has 2 aliphatic rings. The van der Waals surface area contributed by atoms with E-state index in [4.69, 9.17) is 10.5 Å². The van der Waals surface area contributed by atoms with Gasteiger partial charge >= 0.3 is 6.09 Å². The third-order valence-corrected chi connectivity index (χ3v) is 6.25. The van der Waals surface area contributed by atoms with Crippen LogP contribution < -0.4 is 21.7 Å². The number of halogens is 1. The Balaban J connectivity index is 0.000000798. The van der Waals surface area contributed by atoms with E-state index in [1.165, 1.54) is 30.5 Å². The lowest BCUT2D eigenvalue weighted by molar-refractivity contribution is -0.135. The Bertz CT molecular complexity index is 849. The second-order valence-electron chi connectivity index (χ2n) is 11.2. The Morgan fingerprint density at radius 2 is 1.71 bits per heavy atom. The second kappa shape index (κ2) is 23.0. The number of likely N-dealkylation sites (N-methyl/N-ethyl adjacent to an activating group) is 2. The van der Waals surface area contributed by atoms with Gasteiger partial charge in [-0.15, -0.1) is 6.58 Å². The Hall–Kier alpha value is -2.53. The zero-order valence-corrected chi connectivity index (χ0v) is 27.3. The number of ether oxygens (including phenoxy) is 1. The maximum absolute atomic E-state index is 12.8. The molecule has 1 aromatic carbocycles. The fraction of sp³-hybridized carbons (Fsp3) is 0.688. The summed E-state index contributed by atoms with van der Waals surface area (Å²) in [5.41, 5.74) is 5.78. The van der Waals surface area contributed by atoms with E-state index in [1.54, 1.807) is 6.08 Å². The number of piperazine rings is 1. The molecule has 242 valence electrons. The fourth-order valence-electron chi connectivity index (χ4n) is 3.89. The number of hydrogen-bond donors (Lipinski definition) is 4. The molecule has 10 heteroatoms. The van der Waals surface area contributed by atoms with E-state index in [2.05, 4.69) is 27.4 Å². The highest BCUT2D eigenvalue weighted by atomic mass is 19.1. The quantitative estimate of drug-likeness (QED) is 0.225. The number of rotatable bonds is 11. The van der Waals surface area contributed by atoms with E-state index >= 15 is 0 Å². The van der Waals surface area contributed by atoms with Crippen LogP contribution in [-0.2, 0) is 9.53 Å². The zero-order valence-electron chi connectivity index (χ0n) is 27.3. The van der Waals surface area contributed by atoms with Crippen molar-refractivity contribution < 1.29 is 18.7 Å². The first-order valence-electron chi connectivity index (χ1n) is 15.4. The summed E-state index contributed by atoms with van der Waals surface area (Å²) in [5.74, 6) is 0.577. The monoisotopic (exact) mass is 594 g/mol. The zero-order chi connectivity index (χ0) is 32.0. The van der Waals surface area contributed by atoms with Gasteiger partial charge in [0.15, 0.2) is 0 Å². The largest absolute Gasteiger partial charge is 0.444 e. The summed E-state index contributed by atoms with van der Waals surface area (Å²) in [5, 5.41) is 8.86. The van der Waals surface area contributed by atoms with Crippen molar-refractivity contribution in [3.8, 4) is 0 Å². The van der Waals surface area contributed by atoms with Crippen molar-refractivity contribution in [3.63, 3.8) is 0 Å². The number of alkyl carbamates (subject to hydrolysis) is 1. The number of hydrogen-bond acceptors (Lipinski definition) is 7. The SMILES string of the molecule is C=CCNCCCC(NC(=O)OC(C)(C)C)C(=O)N1CCN(C)CC1.CC.CNCCN.Fc1ccc(C2CC2)cc1. The summed E-state index contributed by atoms with van der Waals surface area (Å²) < 4.78 is 17.7. The van der Waals surface area contributed by atoms with Gasteiger partial charge in [-0.3, -0.25) is 4.79 Å². The molecule has 0 bridgehead atoms. The average molecular weight is 595 g/mol. The lowest BCUT2D eigenvalue weighted by Gasteiger charge is -2.35. The van der Waals surface area contributed by atoms with E-state index < -0.39 is 17.7 Å². The maximum atomic E-state index is 12.8. The molecule has 5 N–H and O–H groups in total. The molecule has 1 heterocycles. The molecule has 0 radical (unpaired) electrons. The Morgan fingerprint density at radius 1 is 1.12 bits per heavy atom. The van der Waals surface area contributed by atoms with Crippen LogP contribution in [0.5, 0.6) is 0 Å². The van der Waals surface area contributed by atoms with Crippen LogP contribution in [0, 0.1) is 5.82 Å². The van der Waals surface area contributed by atoms with Gasteiger partial charge in [0, 0.05) is 45.8 Å². The van der Waals surface area contributed by atoms with E-state index in [9.17, 15) is 14.0 Å². The molecule has 1 aliphatic heterocycles. The number of carbonyl (C=O) groups is 2. The van der Waals surface area contributed by atoms with E-state index in [0.29, 0.717) is 19.5 Å². The van der Waals surface area contributed by atoms with Gasteiger partial charge in [0.2, 0.25) is 5.91 Å². The summed E-state index contributed by atoms with van der Waals surface area (Å²) in [6.07, 6.45) is 5.19. The molecule has 1 atom stereocenters. The van der Waals surface area contributed by atoms with Gasteiger partial charge in [-0.2, -0.15) is 0 Å². The first kappa shape index (κ1) is 39.5. The van der Waals surface area contributed by atoms with Crippen LogP contribution >= 0.6 is 0 Å². The minimum absolute atomic E-state index is 0.0253. The molecule has 0 spiro atoms. The third kappa shape index (κ3) is 19.6. The third-order valence-electron chi connectivity index (χ3n) is 6.25. The lowest BCUT2D eigenvalue weighted by atomic mass is 10.1. The number of nitrogens with one attached hydrogen (secondary N) is 3. The Kier molecular flexibility index (Phi) is 21.6. The van der Waals surface area contributed by atoms with Crippen LogP contribution in [0.25, 0.3) is 0 Å². The van der Waals surface area contributed by atoms with E-state index in [1.807, 2.05) is 65.7 Å². The van der Waals surface area contributed by atoms with E-state index in [-0.39, 0.29) is 11.7 Å². The standard InChI is InChI=1S/C18H34N4O3.C9H9F.C3H10N2.C2H6/c1-6-9-19-10-7-8-15(20-17(24)25-18(2,3)4)16(23)22-13-11-21(5)12-14-22;10-9-5-3-8(4-6-9)7-1-2-7;1-5-3-2-4;1-2/h6,15,19H,1,7-14H2,2-5H3,(H,20,24);3-7H,1-2H2;5H,2-4H2,1H3;1-2H3. The highest BCUT2D eigenvalue weighted by Gasteiger charge is 2.29. The maximum Gasteiger partial charge on any atom is 0.408 e. The number of nitrogens with zero attached hydrogens (tertiary/aromatic N) is 2. The number of nitrogens with two attached hydrogens (primary N) is 1. The summed E-state index contributed by atoms with van der Waals surface area (Å²) in [6, 6.07) is 6.28. The molecule has 2 amide bonds. The van der Waals surface area contributed by atoms with Gasteiger partial charge in [-0.05, 0) is 90.7 Å². The minimum Gasteiger partial charge on any atom is -0.444 e. The van der Waals surface area contributed by atoms with Crippen LogP contribution in [0.1, 0.15) is 71.8 Å². The Labute approximate surface area is 254 Å². The highest BCUT2D eigenvalue weighted by Crippen LogP contribution is 2.39. The van der Waals surface area contributed by atoms with Crippen molar-refractivity contribution >= 4 is 12.0 Å². The van der Waals surface area contributed by atoms with Crippen molar-refractivity contribution in [2.75, 3.05) is 66.5 Å². The van der Waals surface area contributed by atoms with Gasteiger partial charge < -0.3 is 36.2 Å². The van der Waals surface area contributed by atoms with Gasteiger partial charge in [0.1, 0.15) is 17.5 Å². The van der Waals surface area contributed by atoms with Crippen LogP contribution in [0.3, 0.4) is 0 Å². The van der Waals surface area contributed by atoms with Crippen molar-refractivity contribution in [1.29, 1.82) is 0 Å². The van der Waals surface area contributed by atoms with Crippen molar-refractivity contribution in [2.24, 2.45) is 5.73 Å². The number of amides is 2. The molecule has 0 aromatic heterocycles. The summed E-state index contributed by atoms with van der Waals surface area (Å²) in [4.78, 5) is 29.0. The van der Waals surface area contributed by atoms with E-state index in [0.717, 1.165) is 51.6 Å². The molecule has 1 saturated heterocycles. The van der Waals surface area contributed by atoms with Gasteiger partial charge in [0.25, 0.3) is 0 Å². The molecule has 1 saturated carbocycles. The molecular formula is C32H59FN6O3. The van der Waals surface area contributed by atoms with Gasteiger partial charge in [-0.1, -0.05) is 32.1 Å². The molecule has 9 nitrogen and oxygen atoms in total. The highest BCUT2D eigenvalue weighted by molar-refractivity contribution is 5.85. The molecule has 42 heavy (non-hydrogen) atoms. The summed E-state index contributed by atoms with van der Waals surface area (Å²) in [6.45, 7) is 19.3. The molecule has 1 aliphatic carbocycles. The predicted octanol–water partition coefficient (Wildman–Crippen LogP) is 4.10. The lowest BCUT2D eigenvalue weighted by Crippen LogP contribution is -2.54. The van der Waals surface area contributed by atoms with Crippen molar-refractivity contribution in [1.82, 2.24) is 25.8 Å². The average Bonchev–Trinajstić information content (AvgIpc) is 3.80. The van der Waals surface area contributed by atoms with Gasteiger partial charge in [-0.25, -0.2) is 9.18 Å².